The molecule has 0 aliphatic rings. The predicted octanol–water partition coefficient (Wildman–Crippen LogP) is 6.29. The van der Waals surface area contributed by atoms with Gasteiger partial charge in [0.25, 0.3) is 0 Å². The molecule has 6 heteroatoms. The van der Waals surface area contributed by atoms with E-state index in [1.54, 1.807) is 42.5 Å². The van der Waals surface area contributed by atoms with Gasteiger partial charge in [-0.1, -0.05) is 48.5 Å². The number of rotatable bonds is 7. The van der Waals surface area contributed by atoms with Crippen molar-refractivity contribution < 1.29 is 29.5 Å². The summed E-state index contributed by atoms with van der Waals surface area (Å²) in [6, 6.07) is 22.9. The first-order valence-corrected chi connectivity index (χ1v) is 10.7. The molecule has 4 aromatic rings. The maximum absolute atomic E-state index is 11.1. The number of phenols is 3. The maximum Gasteiger partial charge on any atom is 0.170 e. The van der Waals surface area contributed by atoms with E-state index in [1.165, 1.54) is 20.3 Å². The van der Waals surface area contributed by atoms with Crippen LogP contribution < -0.4 is 14.2 Å². The second-order valence-electron chi connectivity index (χ2n) is 7.78. The normalized spacial score (nSPS) is 11.6. The second kappa shape index (κ2) is 9.67. The molecule has 0 aliphatic heterocycles. The monoisotopic (exact) mass is 458 g/mol. The van der Waals surface area contributed by atoms with E-state index in [9.17, 15) is 15.3 Å². The Morgan fingerprint density at radius 1 is 0.706 bits per heavy atom. The first-order chi connectivity index (χ1) is 16.4. The topological polar surface area (TPSA) is 88.4 Å². The van der Waals surface area contributed by atoms with E-state index in [0.29, 0.717) is 28.2 Å². The Balaban J connectivity index is 1.74. The van der Waals surface area contributed by atoms with Crippen LogP contribution in [0, 0.1) is 0 Å². The van der Waals surface area contributed by atoms with Crippen molar-refractivity contribution >= 4 is 0 Å². The number of hydrogen-bond donors (Lipinski definition) is 3. The summed E-state index contributed by atoms with van der Waals surface area (Å²) >= 11 is 0. The molecule has 0 spiro atoms. The minimum Gasteiger partial charge on any atom is -0.508 e. The largest absolute Gasteiger partial charge is 0.508 e. The molecule has 0 radical (unpaired) electrons. The quantitative estimate of drug-likeness (QED) is 0.301. The summed E-state index contributed by atoms with van der Waals surface area (Å²) in [6.45, 7) is 1.91. The van der Waals surface area contributed by atoms with Gasteiger partial charge in [-0.25, -0.2) is 0 Å². The molecular formula is C28H26O6. The lowest BCUT2D eigenvalue weighted by molar-refractivity contribution is 0.217. The van der Waals surface area contributed by atoms with Crippen LogP contribution in [0.2, 0.25) is 0 Å². The Labute approximate surface area is 198 Å². The van der Waals surface area contributed by atoms with Gasteiger partial charge in [-0.2, -0.15) is 0 Å². The average molecular weight is 459 g/mol. The van der Waals surface area contributed by atoms with E-state index >= 15 is 0 Å². The minimum atomic E-state index is -0.259. The number of phenolic OH excluding ortho intramolecular Hbond substituents is 3. The van der Waals surface area contributed by atoms with E-state index in [2.05, 4.69) is 0 Å². The molecule has 34 heavy (non-hydrogen) atoms. The number of benzene rings is 4. The highest BCUT2D eigenvalue weighted by atomic mass is 16.5. The van der Waals surface area contributed by atoms with Gasteiger partial charge in [0.2, 0.25) is 0 Å². The van der Waals surface area contributed by atoms with Crippen LogP contribution in [0.1, 0.15) is 18.6 Å². The molecular weight excluding hydrogens is 432 g/mol. The lowest BCUT2D eigenvalue weighted by atomic mass is 9.96. The fourth-order valence-electron chi connectivity index (χ4n) is 3.88. The number of ether oxygens (including phenoxy) is 3. The molecule has 4 aromatic carbocycles. The van der Waals surface area contributed by atoms with E-state index in [4.69, 9.17) is 14.2 Å². The summed E-state index contributed by atoms with van der Waals surface area (Å²) in [6.07, 6.45) is -0.259. The maximum atomic E-state index is 11.1. The summed E-state index contributed by atoms with van der Waals surface area (Å²) in [5, 5.41) is 31.4. The van der Waals surface area contributed by atoms with Crippen molar-refractivity contribution in [3.8, 4) is 56.8 Å². The molecule has 0 fully saturated rings. The van der Waals surface area contributed by atoms with Crippen LogP contribution in [0.3, 0.4) is 0 Å². The third kappa shape index (κ3) is 4.43. The summed E-state index contributed by atoms with van der Waals surface area (Å²) in [5.41, 5.74) is 3.22. The molecule has 0 aromatic heterocycles. The lowest BCUT2D eigenvalue weighted by Crippen LogP contribution is -2.03. The Morgan fingerprint density at radius 2 is 1.38 bits per heavy atom. The van der Waals surface area contributed by atoms with Crippen molar-refractivity contribution in [2.45, 2.75) is 13.0 Å². The number of aromatic hydroxyl groups is 3. The van der Waals surface area contributed by atoms with Crippen molar-refractivity contribution in [3.05, 3.63) is 84.4 Å². The standard InChI is InChI=1S/C28H26O6/c1-17(18-7-5-4-6-8-18)34-24-14-11-20(15-23(24)30)26-25(32-2)16-22(28(33-3)27(26)31)19-9-12-21(29)13-10-19/h4-17,29-31H,1-3H3. The van der Waals surface area contributed by atoms with E-state index in [-0.39, 0.29) is 29.1 Å². The average Bonchev–Trinajstić information content (AvgIpc) is 2.85. The third-order valence-electron chi connectivity index (χ3n) is 5.64. The SMILES string of the molecule is COc1cc(-c2ccc(O)cc2)c(OC)c(O)c1-c1ccc(OC(C)c2ccccc2)c(O)c1. The third-order valence-corrected chi connectivity index (χ3v) is 5.64. The fourth-order valence-corrected chi connectivity index (χ4v) is 3.88. The lowest BCUT2D eigenvalue weighted by Gasteiger charge is -2.19. The van der Waals surface area contributed by atoms with Crippen LogP contribution >= 0.6 is 0 Å². The van der Waals surface area contributed by atoms with Gasteiger partial charge in [0, 0.05) is 5.56 Å². The van der Waals surface area contributed by atoms with Crippen molar-refractivity contribution in [1.29, 1.82) is 0 Å². The van der Waals surface area contributed by atoms with Crippen LogP contribution in [0.4, 0.5) is 0 Å². The molecule has 0 bridgehead atoms. The second-order valence-corrected chi connectivity index (χ2v) is 7.78. The molecule has 3 N–H and O–H groups in total. The molecule has 1 atom stereocenters. The van der Waals surface area contributed by atoms with Crippen LogP contribution in [0.25, 0.3) is 22.3 Å². The van der Waals surface area contributed by atoms with Crippen LogP contribution in [-0.4, -0.2) is 29.5 Å². The highest BCUT2D eigenvalue weighted by molar-refractivity contribution is 5.88. The Bertz CT molecular complexity index is 1280. The van der Waals surface area contributed by atoms with Gasteiger partial charge < -0.3 is 29.5 Å². The number of methoxy groups -OCH3 is 2. The number of hydrogen-bond acceptors (Lipinski definition) is 6. The first kappa shape index (κ1) is 22.9. The zero-order chi connectivity index (χ0) is 24.2. The summed E-state index contributed by atoms with van der Waals surface area (Å²) in [5.74, 6) is 0.909. The Hall–Kier alpha value is -4.32. The molecule has 1 unspecified atom stereocenters. The molecule has 0 saturated heterocycles. The zero-order valence-electron chi connectivity index (χ0n) is 19.1. The van der Waals surface area contributed by atoms with Crippen LogP contribution in [0.15, 0.2) is 78.9 Å². The van der Waals surface area contributed by atoms with Crippen molar-refractivity contribution in [1.82, 2.24) is 0 Å². The van der Waals surface area contributed by atoms with E-state index in [0.717, 1.165) is 11.1 Å². The summed E-state index contributed by atoms with van der Waals surface area (Å²) < 4.78 is 17.1. The van der Waals surface area contributed by atoms with Gasteiger partial charge in [-0.05, 0) is 53.9 Å². The first-order valence-electron chi connectivity index (χ1n) is 10.7. The highest BCUT2D eigenvalue weighted by Gasteiger charge is 2.23. The Kier molecular flexibility index (Phi) is 6.50. The van der Waals surface area contributed by atoms with Crippen molar-refractivity contribution in [2.24, 2.45) is 0 Å². The summed E-state index contributed by atoms with van der Waals surface area (Å²) in [7, 11) is 2.97. The van der Waals surface area contributed by atoms with Gasteiger partial charge in [0.1, 0.15) is 17.6 Å². The van der Waals surface area contributed by atoms with Gasteiger partial charge in [0.05, 0.1) is 19.8 Å². The molecule has 0 heterocycles. The molecule has 0 saturated carbocycles. The smallest absolute Gasteiger partial charge is 0.170 e. The Morgan fingerprint density at radius 3 is 2.00 bits per heavy atom. The van der Waals surface area contributed by atoms with E-state index < -0.39 is 0 Å². The molecule has 0 amide bonds. The van der Waals surface area contributed by atoms with Crippen molar-refractivity contribution in [2.75, 3.05) is 14.2 Å². The molecule has 0 aliphatic carbocycles. The highest BCUT2D eigenvalue weighted by Crippen LogP contribution is 2.50. The van der Waals surface area contributed by atoms with Crippen LogP contribution in [0.5, 0.6) is 34.5 Å². The predicted molar refractivity (Wildman–Crippen MR) is 131 cm³/mol. The molecule has 6 nitrogen and oxygen atoms in total. The minimum absolute atomic E-state index is 0.0664. The zero-order valence-corrected chi connectivity index (χ0v) is 19.1. The van der Waals surface area contributed by atoms with Gasteiger partial charge in [-0.3, -0.25) is 0 Å². The van der Waals surface area contributed by atoms with Crippen LogP contribution in [-0.2, 0) is 0 Å². The molecule has 4 rings (SSSR count). The van der Waals surface area contributed by atoms with Gasteiger partial charge in [0.15, 0.2) is 23.0 Å². The van der Waals surface area contributed by atoms with Gasteiger partial charge in [-0.15, -0.1) is 0 Å². The fraction of sp³-hybridized carbons (Fsp3) is 0.143. The van der Waals surface area contributed by atoms with Crippen molar-refractivity contribution in [3.63, 3.8) is 0 Å². The molecule has 174 valence electrons. The summed E-state index contributed by atoms with van der Waals surface area (Å²) in [4.78, 5) is 0. The van der Waals surface area contributed by atoms with E-state index in [1.807, 2.05) is 37.3 Å². The van der Waals surface area contributed by atoms with Gasteiger partial charge >= 0.3 is 0 Å².